The van der Waals surface area contributed by atoms with E-state index in [1.165, 1.54) is 43.9 Å². The van der Waals surface area contributed by atoms with Crippen molar-refractivity contribution in [3.63, 3.8) is 0 Å². The number of carbonyl (C=O) groups is 1. The van der Waals surface area contributed by atoms with Gasteiger partial charge in [-0.05, 0) is 30.2 Å². The largest absolute Gasteiger partial charge is 0.361 e. The fraction of sp³-hybridized carbons (Fsp3) is 0.550. The van der Waals surface area contributed by atoms with Gasteiger partial charge in [-0.15, -0.1) is 0 Å². The average molecular weight is 347 g/mol. The lowest BCUT2D eigenvalue weighted by atomic mass is 10.1. The number of unbranched alkanes of at least 4 members (excludes halogenated alkanes) is 7. The smallest absolute Gasteiger partial charge is 0.220 e. The molecule has 0 unspecified atom stereocenters. The van der Waals surface area contributed by atoms with Gasteiger partial charge in [0, 0.05) is 30.1 Å². The number of hydrogen-bond acceptors (Lipinski definition) is 2. The third-order valence-corrected chi connectivity index (χ3v) is 4.78. The Kier molecular flexibility index (Phi) is 8.82. The molecule has 0 fully saturated rings. The van der Waals surface area contributed by atoms with Gasteiger partial charge in [0.2, 0.25) is 5.91 Å². The number of aromatic amines is 1. The highest BCUT2D eigenvalue weighted by atomic mass is 32.1. The normalized spacial score (nSPS) is 11.0. The van der Waals surface area contributed by atoms with Crippen LogP contribution in [0.5, 0.6) is 0 Å². The fourth-order valence-electron chi connectivity index (χ4n) is 3.02. The van der Waals surface area contributed by atoms with Gasteiger partial charge in [0.1, 0.15) is 0 Å². The average Bonchev–Trinajstić information content (AvgIpc) is 3.02. The van der Waals surface area contributed by atoms with Crippen LogP contribution in [0, 0.1) is 0 Å². The van der Waals surface area contributed by atoms with Gasteiger partial charge in [-0.3, -0.25) is 4.79 Å². The van der Waals surface area contributed by atoms with E-state index in [1.54, 1.807) is 0 Å². The summed E-state index contributed by atoms with van der Waals surface area (Å²) in [7, 11) is 0. The van der Waals surface area contributed by atoms with E-state index in [-0.39, 0.29) is 5.91 Å². The van der Waals surface area contributed by atoms with Crippen LogP contribution in [0.1, 0.15) is 63.4 Å². The van der Waals surface area contributed by atoms with E-state index in [0.29, 0.717) is 13.0 Å². The van der Waals surface area contributed by atoms with E-state index in [0.717, 1.165) is 29.7 Å². The minimum Gasteiger partial charge on any atom is -0.361 e. The van der Waals surface area contributed by atoms with Gasteiger partial charge in [-0.2, -0.15) is 12.6 Å². The van der Waals surface area contributed by atoms with Crippen molar-refractivity contribution in [1.82, 2.24) is 10.3 Å². The van der Waals surface area contributed by atoms with Crippen molar-refractivity contribution >= 4 is 29.4 Å². The molecule has 0 bridgehead atoms. The van der Waals surface area contributed by atoms with Crippen molar-refractivity contribution in [2.24, 2.45) is 0 Å². The maximum absolute atomic E-state index is 12.0. The number of para-hydroxylation sites is 1. The molecule has 0 atom stereocenters. The van der Waals surface area contributed by atoms with Crippen molar-refractivity contribution < 1.29 is 4.79 Å². The van der Waals surface area contributed by atoms with Gasteiger partial charge >= 0.3 is 0 Å². The van der Waals surface area contributed by atoms with Crippen LogP contribution < -0.4 is 5.32 Å². The zero-order chi connectivity index (χ0) is 17.0. The molecule has 0 aliphatic carbocycles. The van der Waals surface area contributed by atoms with Crippen LogP contribution in [-0.2, 0) is 11.3 Å². The van der Waals surface area contributed by atoms with E-state index in [4.69, 9.17) is 0 Å². The zero-order valence-electron chi connectivity index (χ0n) is 14.5. The molecular formula is C20H30N2OS. The Bertz CT molecular complexity index is 608. The molecule has 24 heavy (non-hydrogen) atoms. The molecule has 2 aromatic rings. The van der Waals surface area contributed by atoms with Crippen molar-refractivity contribution in [2.45, 2.75) is 64.3 Å². The predicted molar refractivity (Wildman–Crippen MR) is 106 cm³/mol. The molecule has 0 spiro atoms. The third-order valence-electron chi connectivity index (χ3n) is 4.46. The van der Waals surface area contributed by atoms with Crippen LogP contribution in [0.15, 0.2) is 30.5 Å². The van der Waals surface area contributed by atoms with E-state index < -0.39 is 0 Å². The summed E-state index contributed by atoms with van der Waals surface area (Å²) in [5.74, 6) is 1.17. The zero-order valence-corrected chi connectivity index (χ0v) is 15.4. The van der Waals surface area contributed by atoms with E-state index in [9.17, 15) is 4.79 Å². The van der Waals surface area contributed by atoms with Gasteiger partial charge in [-0.1, -0.05) is 56.7 Å². The van der Waals surface area contributed by atoms with Gasteiger partial charge in [0.25, 0.3) is 0 Å². The molecule has 2 rings (SSSR count). The topological polar surface area (TPSA) is 44.9 Å². The molecule has 132 valence electrons. The Morgan fingerprint density at radius 2 is 1.62 bits per heavy atom. The summed E-state index contributed by atoms with van der Waals surface area (Å²) in [5, 5.41) is 4.23. The highest BCUT2D eigenvalue weighted by Gasteiger charge is 2.05. The number of hydrogen-bond donors (Lipinski definition) is 3. The van der Waals surface area contributed by atoms with Gasteiger partial charge in [0.15, 0.2) is 0 Å². The summed E-state index contributed by atoms with van der Waals surface area (Å²) in [5.41, 5.74) is 2.27. The number of fused-ring (bicyclic) bond motifs is 1. The Balaban J connectivity index is 1.53. The van der Waals surface area contributed by atoms with Crippen molar-refractivity contribution in [2.75, 3.05) is 5.75 Å². The summed E-state index contributed by atoms with van der Waals surface area (Å²) in [6.07, 6.45) is 12.5. The first-order valence-corrected chi connectivity index (χ1v) is 9.87. The lowest BCUT2D eigenvalue weighted by Gasteiger charge is -2.05. The van der Waals surface area contributed by atoms with Gasteiger partial charge < -0.3 is 10.3 Å². The second kappa shape index (κ2) is 11.2. The predicted octanol–water partition coefficient (Wildman–Crippen LogP) is 5.22. The van der Waals surface area contributed by atoms with Crippen LogP contribution in [0.25, 0.3) is 10.9 Å². The van der Waals surface area contributed by atoms with Crippen molar-refractivity contribution in [3.05, 3.63) is 36.0 Å². The number of nitrogens with one attached hydrogen (secondary N) is 2. The Morgan fingerprint density at radius 3 is 2.38 bits per heavy atom. The lowest BCUT2D eigenvalue weighted by Crippen LogP contribution is -2.22. The Labute approximate surface area is 151 Å². The molecule has 0 saturated carbocycles. The van der Waals surface area contributed by atoms with Crippen LogP contribution in [-0.4, -0.2) is 16.6 Å². The number of carbonyl (C=O) groups excluding carboxylic acids is 1. The van der Waals surface area contributed by atoms with Crippen LogP contribution in [0.3, 0.4) is 0 Å². The first-order valence-electron chi connectivity index (χ1n) is 9.24. The molecule has 1 aromatic heterocycles. The lowest BCUT2D eigenvalue weighted by molar-refractivity contribution is -0.121. The number of thiol groups is 1. The fourth-order valence-corrected chi connectivity index (χ4v) is 3.24. The summed E-state index contributed by atoms with van der Waals surface area (Å²) in [6, 6.07) is 8.18. The van der Waals surface area contributed by atoms with Crippen LogP contribution in [0.4, 0.5) is 0 Å². The van der Waals surface area contributed by atoms with Crippen LogP contribution >= 0.6 is 12.6 Å². The third kappa shape index (κ3) is 6.60. The molecule has 1 amide bonds. The quantitative estimate of drug-likeness (QED) is 0.358. The maximum Gasteiger partial charge on any atom is 0.220 e. The van der Waals surface area contributed by atoms with E-state index in [1.807, 2.05) is 18.3 Å². The number of benzene rings is 1. The van der Waals surface area contributed by atoms with Gasteiger partial charge in [0.05, 0.1) is 0 Å². The SMILES string of the molecule is O=C(CCCCCCCCCCS)NCc1c[nH]c2ccccc12. The summed E-state index contributed by atoms with van der Waals surface area (Å²) < 4.78 is 0. The molecule has 0 aliphatic heterocycles. The molecule has 1 heterocycles. The second-order valence-electron chi connectivity index (χ2n) is 6.44. The van der Waals surface area contributed by atoms with Crippen molar-refractivity contribution in [1.29, 1.82) is 0 Å². The summed E-state index contributed by atoms with van der Waals surface area (Å²) in [6.45, 7) is 0.605. The first kappa shape index (κ1) is 18.9. The maximum atomic E-state index is 12.0. The molecule has 0 aliphatic rings. The van der Waals surface area contributed by atoms with E-state index >= 15 is 0 Å². The highest BCUT2D eigenvalue weighted by molar-refractivity contribution is 7.80. The number of H-pyrrole nitrogens is 1. The molecule has 2 N–H and O–H groups in total. The van der Waals surface area contributed by atoms with Crippen molar-refractivity contribution in [3.8, 4) is 0 Å². The standard InChI is InChI=1S/C20H30N2OS/c23-20(13-7-5-3-1-2-4-6-10-14-24)22-16-17-15-21-19-12-9-8-11-18(17)19/h8-9,11-12,15,21,24H,1-7,10,13-14,16H2,(H,22,23). The van der Waals surface area contributed by atoms with Crippen LogP contribution in [0.2, 0.25) is 0 Å². The Hall–Kier alpha value is -1.42. The molecule has 0 radical (unpaired) electrons. The monoisotopic (exact) mass is 346 g/mol. The second-order valence-corrected chi connectivity index (χ2v) is 6.89. The molecule has 0 saturated heterocycles. The molecule has 4 heteroatoms. The number of rotatable bonds is 12. The molecular weight excluding hydrogens is 316 g/mol. The van der Waals surface area contributed by atoms with E-state index in [2.05, 4.69) is 35.1 Å². The number of amides is 1. The minimum atomic E-state index is 0.161. The minimum absolute atomic E-state index is 0.161. The Morgan fingerprint density at radius 1 is 0.958 bits per heavy atom. The molecule has 3 nitrogen and oxygen atoms in total. The van der Waals surface area contributed by atoms with Gasteiger partial charge in [-0.25, -0.2) is 0 Å². The first-order chi connectivity index (χ1) is 11.8. The molecule has 1 aromatic carbocycles. The highest BCUT2D eigenvalue weighted by Crippen LogP contribution is 2.17. The summed E-state index contributed by atoms with van der Waals surface area (Å²) >= 11 is 4.23. The summed E-state index contributed by atoms with van der Waals surface area (Å²) in [4.78, 5) is 15.2. The number of aromatic nitrogens is 1.